The van der Waals surface area contributed by atoms with Gasteiger partial charge in [-0.15, -0.1) is 0 Å². The van der Waals surface area contributed by atoms with Gasteiger partial charge in [-0.2, -0.15) is 9.98 Å². The number of aromatic amines is 1. The molecule has 0 saturated heterocycles. The Labute approximate surface area is 185 Å². The number of nitrogens with zero attached hydrogens (tertiary/aromatic N) is 2. The van der Waals surface area contributed by atoms with Gasteiger partial charge in [-0.1, -0.05) is 24.3 Å². The van der Waals surface area contributed by atoms with Crippen molar-refractivity contribution in [2.75, 3.05) is 6.54 Å². The van der Waals surface area contributed by atoms with E-state index in [0.29, 0.717) is 10.9 Å². The zero-order chi connectivity index (χ0) is 22.6. The van der Waals surface area contributed by atoms with Crippen molar-refractivity contribution in [2.45, 2.75) is 23.8 Å². The first kappa shape index (κ1) is 21.5. The number of H-pyrrole nitrogens is 1. The predicted molar refractivity (Wildman–Crippen MR) is 121 cm³/mol. The molecule has 32 heavy (non-hydrogen) atoms. The molecule has 8 nitrogen and oxygen atoms in total. The highest BCUT2D eigenvalue weighted by Gasteiger charge is 2.27. The molecule has 0 aliphatic carbocycles. The molecular weight excluding hydrogens is 426 g/mol. The Morgan fingerprint density at radius 3 is 2.84 bits per heavy atom. The lowest BCUT2D eigenvalue weighted by atomic mass is 10.1. The molecule has 0 bridgehead atoms. The van der Waals surface area contributed by atoms with Crippen LogP contribution >= 0.6 is 0 Å². The Morgan fingerprint density at radius 1 is 1.16 bits per heavy atom. The van der Waals surface area contributed by atoms with Gasteiger partial charge < -0.3 is 10.3 Å². The van der Waals surface area contributed by atoms with Crippen molar-refractivity contribution in [1.82, 2.24) is 20.0 Å². The van der Waals surface area contributed by atoms with E-state index in [4.69, 9.17) is 5.26 Å². The van der Waals surface area contributed by atoms with Crippen molar-refractivity contribution in [3.8, 4) is 6.07 Å². The number of pyridine rings is 1. The molecule has 0 aliphatic rings. The van der Waals surface area contributed by atoms with Crippen LogP contribution in [0.4, 0.5) is 0 Å². The third-order valence-corrected chi connectivity index (χ3v) is 6.60. The molecule has 3 N–H and O–H groups in total. The molecule has 9 heteroatoms. The van der Waals surface area contributed by atoms with E-state index in [1.165, 1.54) is 12.1 Å². The first-order valence-electron chi connectivity index (χ1n) is 10.0. The van der Waals surface area contributed by atoms with Gasteiger partial charge in [-0.3, -0.25) is 9.78 Å². The van der Waals surface area contributed by atoms with E-state index >= 15 is 0 Å². The number of benzene rings is 2. The number of sulfonamides is 1. The summed E-state index contributed by atoms with van der Waals surface area (Å²) >= 11 is 0. The molecule has 2 heterocycles. The minimum Gasteiger partial charge on any atom is -0.361 e. The Morgan fingerprint density at radius 2 is 2.00 bits per heavy atom. The van der Waals surface area contributed by atoms with Gasteiger partial charge in [0.1, 0.15) is 6.04 Å². The molecule has 1 amide bonds. The summed E-state index contributed by atoms with van der Waals surface area (Å²) in [5, 5.41) is 13.0. The van der Waals surface area contributed by atoms with Gasteiger partial charge in [0.2, 0.25) is 15.9 Å². The van der Waals surface area contributed by atoms with E-state index in [1.54, 1.807) is 30.6 Å². The number of hydrogen-bond acceptors (Lipinski definition) is 5. The van der Waals surface area contributed by atoms with E-state index in [9.17, 15) is 13.2 Å². The summed E-state index contributed by atoms with van der Waals surface area (Å²) in [7, 11) is -4.00. The number of rotatable bonds is 8. The van der Waals surface area contributed by atoms with E-state index < -0.39 is 22.0 Å². The summed E-state index contributed by atoms with van der Waals surface area (Å²) in [4.78, 5) is 20.2. The fourth-order valence-corrected chi connectivity index (χ4v) is 4.78. The first-order chi connectivity index (χ1) is 15.5. The average Bonchev–Trinajstić information content (AvgIpc) is 3.21. The van der Waals surface area contributed by atoms with Gasteiger partial charge in [-0.05, 0) is 42.3 Å². The van der Waals surface area contributed by atoms with Crippen molar-refractivity contribution >= 4 is 37.7 Å². The summed E-state index contributed by atoms with van der Waals surface area (Å²) in [5.41, 5.74) is 2.39. The van der Waals surface area contributed by atoms with Crippen LogP contribution in [0.15, 0.2) is 71.9 Å². The SMILES string of the molecule is N#CCCNC(=O)C(Cc1c[nH]c2ccccc12)NS(=O)(=O)c1ccc2ncccc2c1. The lowest BCUT2D eigenvalue weighted by molar-refractivity contribution is -0.122. The normalized spacial score (nSPS) is 12.5. The van der Waals surface area contributed by atoms with Crippen LogP contribution in [-0.4, -0.2) is 36.9 Å². The van der Waals surface area contributed by atoms with E-state index in [2.05, 4.69) is 20.0 Å². The van der Waals surface area contributed by atoms with Gasteiger partial charge in [0.15, 0.2) is 0 Å². The highest BCUT2D eigenvalue weighted by Crippen LogP contribution is 2.21. The molecule has 0 fully saturated rings. The third-order valence-electron chi connectivity index (χ3n) is 5.13. The quantitative estimate of drug-likeness (QED) is 0.358. The number of hydrogen-bond donors (Lipinski definition) is 3. The van der Waals surface area contributed by atoms with Crippen LogP contribution in [0.25, 0.3) is 21.8 Å². The molecule has 1 atom stereocenters. The Bertz CT molecular complexity index is 1420. The number of amides is 1. The molecule has 4 rings (SSSR count). The highest BCUT2D eigenvalue weighted by atomic mass is 32.2. The number of carbonyl (C=O) groups excluding carboxylic acids is 1. The summed E-state index contributed by atoms with van der Waals surface area (Å²) in [6.45, 7) is 0.142. The van der Waals surface area contributed by atoms with E-state index in [0.717, 1.165) is 16.5 Å². The van der Waals surface area contributed by atoms with Crippen LogP contribution in [-0.2, 0) is 21.2 Å². The number of aromatic nitrogens is 2. The lowest BCUT2D eigenvalue weighted by Gasteiger charge is -2.18. The lowest BCUT2D eigenvalue weighted by Crippen LogP contribution is -2.48. The molecule has 2 aromatic heterocycles. The minimum atomic E-state index is -4.00. The first-order valence-corrected chi connectivity index (χ1v) is 11.5. The van der Waals surface area contributed by atoms with Crippen LogP contribution in [0, 0.1) is 11.3 Å². The largest absolute Gasteiger partial charge is 0.361 e. The van der Waals surface area contributed by atoms with Crippen LogP contribution < -0.4 is 10.0 Å². The molecule has 4 aromatic rings. The Hall–Kier alpha value is -3.74. The fraction of sp³-hybridized carbons (Fsp3) is 0.174. The molecule has 0 aliphatic heterocycles. The summed E-state index contributed by atoms with van der Waals surface area (Å²) in [5.74, 6) is -0.489. The maximum absolute atomic E-state index is 13.1. The fourth-order valence-electron chi connectivity index (χ4n) is 3.55. The van der Waals surface area contributed by atoms with Crippen molar-refractivity contribution < 1.29 is 13.2 Å². The van der Waals surface area contributed by atoms with Gasteiger partial charge in [0.05, 0.1) is 22.9 Å². The Kier molecular flexibility index (Phi) is 6.16. The maximum atomic E-state index is 13.1. The summed E-state index contributed by atoms with van der Waals surface area (Å²) < 4.78 is 28.8. The summed E-state index contributed by atoms with van der Waals surface area (Å²) in [6, 6.07) is 16.6. The molecule has 0 spiro atoms. The van der Waals surface area contributed by atoms with Crippen LogP contribution in [0.1, 0.15) is 12.0 Å². The van der Waals surface area contributed by atoms with Gasteiger partial charge in [0.25, 0.3) is 0 Å². The standard InChI is InChI=1S/C23H21N5O3S/c24-10-4-12-26-23(29)22(14-17-15-27-21-7-2-1-6-19(17)21)28-32(30,31)18-8-9-20-16(13-18)5-3-11-25-20/h1-3,5-9,11,13,15,22,27-28H,4,12,14H2,(H,26,29). The molecule has 1 unspecified atom stereocenters. The molecule has 2 aromatic carbocycles. The second-order valence-electron chi connectivity index (χ2n) is 7.29. The monoisotopic (exact) mass is 447 g/mol. The third kappa shape index (κ3) is 4.61. The zero-order valence-electron chi connectivity index (χ0n) is 17.1. The molecule has 162 valence electrons. The van der Waals surface area contributed by atoms with Crippen LogP contribution in [0.3, 0.4) is 0 Å². The molecule has 0 saturated carbocycles. The van der Waals surface area contributed by atoms with Crippen LogP contribution in [0.2, 0.25) is 0 Å². The zero-order valence-corrected chi connectivity index (χ0v) is 17.9. The van der Waals surface area contributed by atoms with E-state index in [1.807, 2.05) is 30.3 Å². The topological polar surface area (TPSA) is 128 Å². The van der Waals surface area contributed by atoms with Gasteiger partial charge in [-0.25, -0.2) is 8.42 Å². The van der Waals surface area contributed by atoms with Gasteiger partial charge in [0, 0.05) is 35.2 Å². The number of para-hydroxylation sites is 1. The molecule has 0 radical (unpaired) electrons. The van der Waals surface area contributed by atoms with E-state index in [-0.39, 0.29) is 24.3 Å². The number of carbonyl (C=O) groups is 1. The summed E-state index contributed by atoms with van der Waals surface area (Å²) in [6.07, 6.45) is 3.69. The van der Waals surface area contributed by atoms with Crippen molar-refractivity contribution in [3.63, 3.8) is 0 Å². The van der Waals surface area contributed by atoms with Crippen molar-refractivity contribution in [2.24, 2.45) is 0 Å². The minimum absolute atomic E-state index is 0.0479. The average molecular weight is 448 g/mol. The van der Waals surface area contributed by atoms with Crippen molar-refractivity contribution in [3.05, 3.63) is 72.6 Å². The van der Waals surface area contributed by atoms with Gasteiger partial charge >= 0.3 is 0 Å². The Balaban J connectivity index is 1.63. The number of nitriles is 1. The van der Waals surface area contributed by atoms with Crippen LogP contribution in [0.5, 0.6) is 0 Å². The smallest absolute Gasteiger partial charge is 0.241 e. The predicted octanol–water partition coefficient (Wildman–Crippen LogP) is 2.64. The second kappa shape index (κ2) is 9.18. The highest BCUT2D eigenvalue weighted by molar-refractivity contribution is 7.89. The molecular formula is C23H21N5O3S. The second-order valence-corrected chi connectivity index (χ2v) is 9.01. The number of nitrogens with one attached hydrogen (secondary N) is 3. The maximum Gasteiger partial charge on any atom is 0.241 e. The number of fused-ring (bicyclic) bond motifs is 2. The van der Waals surface area contributed by atoms with Crippen molar-refractivity contribution in [1.29, 1.82) is 5.26 Å².